The molecule has 4 aromatic rings. The van der Waals surface area contributed by atoms with E-state index in [0.29, 0.717) is 5.02 Å². The minimum Gasteiger partial charge on any atom is -0.318 e. The van der Waals surface area contributed by atoms with Gasteiger partial charge in [0.25, 0.3) is 0 Å². The van der Waals surface area contributed by atoms with Crippen LogP contribution in [0, 0.1) is 13.8 Å². The van der Waals surface area contributed by atoms with Crippen molar-refractivity contribution in [2.45, 2.75) is 18.7 Å². The maximum absolute atomic E-state index is 12.1. The van der Waals surface area contributed by atoms with Crippen molar-refractivity contribution < 1.29 is 4.79 Å². The number of fused-ring (bicyclic) bond motifs is 1. The minimum atomic E-state index is -0.153. The Hall–Kier alpha value is -3.02. The molecule has 6 heteroatoms. The molecular formula is C25H22ClN3OS. The van der Waals surface area contributed by atoms with Gasteiger partial charge in [-0.05, 0) is 67.1 Å². The lowest BCUT2D eigenvalue weighted by Crippen LogP contribution is -2.19. The van der Waals surface area contributed by atoms with Gasteiger partial charge in [0.15, 0.2) is 0 Å². The van der Waals surface area contributed by atoms with Gasteiger partial charge in [0.1, 0.15) is 0 Å². The number of nitrogens with one attached hydrogen (secondary N) is 1. The first-order valence-corrected chi connectivity index (χ1v) is 11.3. The molecule has 0 unspecified atom stereocenters. The molecule has 1 aromatic heterocycles. The van der Waals surface area contributed by atoms with Crippen molar-refractivity contribution in [3.8, 4) is 5.69 Å². The summed E-state index contributed by atoms with van der Waals surface area (Å²) < 4.78 is 2.20. The van der Waals surface area contributed by atoms with E-state index in [9.17, 15) is 4.79 Å². The Morgan fingerprint density at radius 1 is 1.03 bits per heavy atom. The van der Waals surface area contributed by atoms with Gasteiger partial charge in [-0.1, -0.05) is 41.9 Å². The van der Waals surface area contributed by atoms with Crippen molar-refractivity contribution in [2.75, 3.05) is 5.75 Å². The van der Waals surface area contributed by atoms with Crippen LogP contribution in [0.2, 0.25) is 5.02 Å². The SMILES string of the molecule is Cc1cc(/C=N\NC(=O)CSc2ccc(Cl)cc2)c(C)n1-c1ccc2ccccc2c1. The molecule has 0 fully saturated rings. The summed E-state index contributed by atoms with van der Waals surface area (Å²) >= 11 is 7.32. The molecular weight excluding hydrogens is 426 g/mol. The fraction of sp³-hybridized carbons (Fsp3) is 0.120. The predicted molar refractivity (Wildman–Crippen MR) is 131 cm³/mol. The Morgan fingerprint density at radius 3 is 2.55 bits per heavy atom. The third-order valence-corrected chi connectivity index (χ3v) is 6.30. The van der Waals surface area contributed by atoms with Crippen LogP contribution in [0.15, 0.2) is 82.8 Å². The third-order valence-electron chi connectivity index (χ3n) is 5.04. The summed E-state index contributed by atoms with van der Waals surface area (Å²) in [7, 11) is 0. The van der Waals surface area contributed by atoms with Gasteiger partial charge in [0.05, 0.1) is 12.0 Å². The second-order valence-electron chi connectivity index (χ2n) is 7.23. The van der Waals surface area contributed by atoms with Gasteiger partial charge in [-0.2, -0.15) is 5.10 Å². The summed E-state index contributed by atoms with van der Waals surface area (Å²) in [6.45, 7) is 4.13. The van der Waals surface area contributed by atoms with Crippen LogP contribution in [0.3, 0.4) is 0 Å². The molecule has 0 aliphatic carbocycles. The molecule has 0 atom stereocenters. The van der Waals surface area contributed by atoms with E-state index >= 15 is 0 Å². The third kappa shape index (κ3) is 5.01. The highest BCUT2D eigenvalue weighted by atomic mass is 35.5. The number of halogens is 1. The number of aromatic nitrogens is 1. The van der Waals surface area contributed by atoms with Crippen LogP contribution in [0.1, 0.15) is 17.0 Å². The Balaban J connectivity index is 1.43. The zero-order valence-corrected chi connectivity index (χ0v) is 18.9. The van der Waals surface area contributed by atoms with Crippen molar-refractivity contribution in [1.29, 1.82) is 0 Å². The van der Waals surface area contributed by atoms with Crippen LogP contribution in [0.4, 0.5) is 0 Å². The number of hydrogen-bond donors (Lipinski definition) is 1. The van der Waals surface area contributed by atoms with E-state index in [-0.39, 0.29) is 11.7 Å². The molecule has 156 valence electrons. The van der Waals surface area contributed by atoms with Gasteiger partial charge in [-0.25, -0.2) is 5.43 Å². The lowest BCUT2D eigenvalue weighted by molar-refractivity contribution is -0.118. The van der Waals surface area contributed by atoms with Crippen LogP contribution in [0.25, 0.3) is 16.5 Å². The predicted octanol–water partition coefficient (Wildman–Crippen LogP) is 6.14. The highest BCUT2D eigenvalue weighted by Gasteiger charge is 2.10. The standard InChI is InChI=1S/C25H22ClN3OS/c1-17-13-21(15-27-28-25(30)16-31-24-11-8-22(26)9-12-24)18(2)29(17)23-10-7-19-5-3-4-6-20(19)14-23/h3-15H,16H2,1-2H3,(H,28,30)/b27-15-. The van der Waals surface area contributed by atoms with Crippen molar-refractivity contribution in [3.63, 3.8) is 0 Å². The average Bonchev–Trinajstić information content (AvgIpc) is 3.06. The smallest absolute Gasteiger partial charge is 0.250 e. The molecule has 1 amide bonds. The molecule has 0 saturated carbocycles. The maximum atomic E-state index is 12.1. The number of carbonyl (C=O) groups excluding carboxylic acids is 1. The van der Waals surface area contributed by atoms with Crippen LogP contribution >= 0.6 is 23.4 Å². The van der Waals surface area contributed by atoms with Crippen molar-refractivity contribution in [1.82, 2.24) is 9.99 Å². The number of hydrazone groups is 1. The summed E-state index contributed by atoms with van der Waals surface area (Å²) in [5, 5.41) is 7.25. The van der Waals surface area contributed by atoms with Crippen LogP contribution in [-0.4, -0.2) is 22.4 Å². The van der Waals surface area contributed by atoms with Gasteiger partial charge in [0.2, 0.25) is 5.91 Å². The number of amides is 1. The lowest BCUT2D eigenvalue weighted by atomic mass is 10.1. The Labute approximate surface area is 190 Å². The molecule has 1 N–H and O–H groups in total. The van der Waals surface area contributed by atoms with Crippen LogP contribution in [0.5, 0.6) is 0 Å². The highest BCUT2D eigenvalue weighted by Crippen LogP contribution is 2.24. The molecule has 0 saturated heterocycles. The second kappa shape index (κ2) is 9.41. The van der Waals surface area contributed by atoms with E-state index in [4.69, 9.17) is 11.6 Å². The van der Waals surface area contributed by atoms with Gasteiger partial charge in [0, 0.05) is 32.6 Å². The Morgan fingerprint density at radius 2 is 1.77 bits per heavy atom. The number of benzene rings is 3. The first-order chi connectivity index (χ1) is 15.0. The molecule has 0 bridgehead atoms. The monoisotopic (exact) mass is 447 g/mol. The molecule has 31 heavy (non-hydrogen) atoms. The molecule has 3 aromatic carbocycles. The maximum Gasteiger partial charge on any atom is 0.250 e. The van der Waals surface area contributed by atoms with Crippen molar-refractivity contribution in [2.24, 2.45) is 5.10 Å². The first-order valence-electron chi connectivity index (χ1n) is 9.89. The quantitative estimate of drug-likeness (QED) is 0.219. The number of hydrogen-bond acceptors (Lipinski definition) is 3. The van der Waals surface area contributed by atoms with E-state index in [1.807, 2.05) is 36.4 Å². The summed E-state index contributed by atoms with van der Waals surface area (Å²) in [4.78, 5) is 13.1. The summed E-state index contributed by atoms with van der Waals surface area (Å²) in [6, 6.07) is 24.3. The lowest BCUT2D eigenvalue weighted by Gasteiger charge is -2.11. The first kappa shape index (κ1) is 21.2. The molecule has 0 aliphatic heterocycles. The molecule has 0 aliphatic rings. The van der Waals surface area contributed by atoms with E-state index in [2.05, 4.69) is 65.3 Å². The van der Waals surface area contributed by atoms with Crippen molar-refractivity contribution in [3.05, 3.63) is 94.8 Å². The normalized spacial score (nSPS) is 11.3. The van der Waals surface area contributed by atoms with Gasteiger partial charge < -0.3 is 4.57 Å². The zero-order valence-electron chi connectivity index (χ0n) is 17.3. The van der Waals surface area contributed by atoms with E-state index in [1.165, 1.54) is 22.5 Å². The molecule has 1 heterocycles. The molecule has 0 radical (unpaired) electrons. The van der Waals surface area contributed by atoms with Gasteiger partial charge >= 0.3 is 0 Å². The van der Waals surface area contributed by atoms with Crippen LogP contribution < -0.4 is 5.43 Å². The van der Waals surface area contributed by atoms with Crippen molar-refractivity contribution >= 4 is 46.3 Å². The van der Waals surface area contributed by atoms with E-state index < -0.39 is 0 Å². The summed E-state index contributed by atoms with van der Waals surface area (Å²) in [5.41, 5.74) is 6.86. The summed E-state index contributed by atoms with van der Waals surface area (Å²) in [6.07, 6.45) is 1.70. The summed E-state index contributed by atoms with van der Waals surface area (Å²) in [5.74, 6) is 0.134. The second-order valence-corrected chi connectivity index (χ2v) is 8.71. The van der Waals surface area contributed by atoms with Crippen LogP contribution in [-0.2, 0) is 4.79 Å². The highest BCUT2D eigenvalue weighted by molar-refractivity contribution is 8.00. The Kier molecular flexibility index (Phi) is 6.44. The van der Waals surface area contributed by atoms with Gasteiger partial charge in [-0.15, -0.1) is 11.8 Å². The van der Waals surface area contributed by atoms with E-state index in [0.717, 1.165) is 27.5 Å². The number of rotatable bonds is 6. The molecule has 4 rings (SSSR count). The van der Waals surface area contributed by atoms with Gasteiger partial charge in [-0.3, -0.25) is 4.79 Å². The number of aryl methyl sites for hydroxylation is 1. The fourth-order valence-electron chi connectivity index (χ4n) is 3.52. The minimum absolute atomic E-state index is 0.153. The molecule has 4 nitrogen and oxygen atoms in total. The average molecular weight is 448 g/mol. The Bertz CT molecular complexity index is 1260. The largest absolute Gasteiger partial charge is 0.318 e. The molecule has 0 spiro atoms. The number of nitrogens with zero attached hydrogens (tertiary/aromatic N) is 2. The topological polar surface area (TPSA) is 46.4 Å². The fourth-order valence-corrected chi connectivity index (χ4v) is 4.33. The zero-order chi connectivity index (χ0) is 21.8. The number of carbonyl (C=O) groups is 1. The number of thioether (sulfide) groups is 1. The van der Waals surface area contributed by atoms with E-state index in [1.54, 1.807) is 6.21 Å².